The smallest absolute Gasteiger partial charge is 0.227 e. The van der Waals surface area contributed by atoms with Crippen LogP contribution in [0.4, 0.5) is 5.69 Å². The largest absolute Gasteiger partial charge is 0.369 e. The fourth-order valence-electron chi connectivity index (χ4n) is 1.12. The molecule has 0 bridgehead atoms. The van der Waals surface area contributed by atoms with Gasteiger partial charge < -0.3 is 11.1 Å². The summed E-state index contributed by atoms with van der Waals surface area (Å²) in [5.41, 5.74) is 5.81. The Morgan fingerprint density at radius 1 is 1.35 bits per heavy atom. The quantitative estimate of drug-likeness (QED) is 0.786. The lowest BCUT2D eigenvalue weighted by Gasteiger charge is -2.11. The number of nitrogens with two attached hydrogens (primary N) is 1. The summed E-state index contributed by atoms with van der Waals surface area (Å²) in [6, 6.07) is 7.35. The number of rotatable bonds is 5. The van der Waals surface area contributed by atoms with Crippen LogP contribution in [0.25, 0.3) is 0 Å². The molecule has 92 valence electrons. The highest BCUT2D eigenvalue weighted by molar-refractivity contribution is 8.00. The van der Waals surface area contributed by atoms with Crippen molar-refractivity contribution in [3.8, 4) is 0 Å². The molecule has 2 amide bonds. The molecule has 0 aromatic heterocycles. The van der Waals surface area contributed by atoms with E-state index in [0.29, 0.717) is 0 Å². The molecule has 17 heavy (non-hydrogen) atoms. The van der Waals surface area contributed by atoms with E-state index in [-0.39, 0.29) is 23.5 Å². The van der Waals surface area contributed by atoms with Crippen molar-refractivity contribution in [2.24, 2.45) is 11.7 Å². The molecule has 0 atom stereocenters. The molecule has 0 saturated carbocycles. The van der Waals surface area contributed by atoms with Gasteiger partial charge in [0.05, 0.1) is 11.4 Å². The number of amides is 2. The Labute approximate surface area is 105 Å². The molecule has 1 aromatic carbocycles. The molecule has 1 rings (SSSR count). The maximum absolute atomic E-state index is 11.6. The van der Waals surface area contributed by atoms with Crippen molar-refractivity contribution in [1.29, 1.82) is 0 Å². The first kappa shape index (κ1) is 13.6. The number of hydrogen-bond acceptors (Lipinski definition) is 3. The number of hydrogen-bond donors (Lipinski definition) is 2. The van der Waals surface area contributed by atoms with Gasteiger partial charge in [0.2, 0.25) is 11.8 Å². The minimum atomic E-state index is -0.375. The van der Waals surface area contributed by atoms with Crippen LogP contribution in [0.5, 0.6) is 0 Å². The van der Waals surface area contributed by atoms with Gasteiger partial charge in [-0.2, -0.15) is 0 Å². The van der Waals surface area contributed by atoms with Gasteiger partial charge in [-0.25, -0.2) is 0 Å². The number of thioether (sulfide) groups is 1. The van der Waals surface area contributed by atoms with Crippen molar-refractivity contribution in [1.82, 2.24) is 0 Å². The number of primary amides is 1. The van der Waals surface area contributed by atoms with E-state index in [1.807, 2.05) is 38.1 Å². The standard InChI is InChI=1S/C12H16N2O2S/c1-8(2)12(16)14-9-5-3-4-6-10(9)17-7-11(13)15/h3-6,8H,7H2,1-2H3,(H2,13,15)(H,14,16). The van der Waals surface area contributed by atoms with Crippen LogP contribution in [-0.2, 0) is 9.59 Å². The molecule has 1 aromatic rings. The number of anilines is 1. The lowest BCUT2D eigenvalue weighted by Crippen LogP contribution is -2.18. The second kappa shape index (κ2) is 6.30. The van der Waals surface area contributed by atoms with E-state index in [1.165, 1.54) is 11.8 Å². The molecular weight excluding hydrogens is 236 g/mol. The number of benzene rings is 1. The van der Waals surface area contributed by atoms with Gasteiger partial charge in [0, 0.05) is 10.8 Å². The van der Waals surface area contributed by atoms with Gasteiger partial charge >= 0.3 is 0 Å². The van der Waals surface area contributed by atoms with Crippen molar-refractivity contribution in [2.75, 3.05) is 11.1 Å². The lowest BCUT2D eigenvalue weighted by molar-refractivity contribution is -0.119. The minimum absolute atomic E-state index is 0.0443. The maximum Gasteiger partial charge on any atom is 0.227 e. The average molecular weight is 252 g/mol. The third kappa shape index (κ3) is 4.48. The monoisotopic (exact) mass is 252 g/mol. The summed E-state index contributed by atoms with van der Waals surface area (Å²) < 4.78 is 0. The molecule has 4 nitrogen and oxygen atoms in total. The molecule has 0 heterocycles. The van der Waals surface area contributed by atoms with E-state index >= 15 is 0 Å². The van der Waals surface area contributed by atoms with Crippen molar-refractivity contribution in [2.45, 2.75) is 18.7 Å². The summed E-state index contributed by atoms with van der Waals surface area (Å²) in [6.07, 6.45) is 0. The molecule has 5 heteroatoms. The van der Waals surface area contributed by atoms with Gasteiger partial charge in [-0.15, -0.1) is 11.8 Å². The Kier molecular flexibility index (Phi) is 5.03. The summed E-state index contributed by atoms with van der Waals surface area (Å²) in [5, 5.41) is 2.82. The Bertz CT molecular complexity index is 419. The van der Waals surface area contributed by atoms with Gasteiger partial charge in [-0.1, -0.05) is 26.0 Å². The fraction of sp³-hybridized carbons (Fsp3) is 0.333. The molecule has 0 saturated heterocycles. The first-order valence-electron chi connectivity index (χ1n) is 5.31. The normalized spacial score (nSPS) is 10.3. The molecule has 0 aliphatic heterocycles. The van der Waals surface area contributed by atoms with Crippen molar-refractivity contribution in [3.05, 3.63) is 24.3 Å². The summed E-state index contributed by atoms with van der Waals surface area (Å²) in [4.78, 5) is 23.2. The van der Waals surface area contributed by atoms with Crippen LogP contribution in [0, 0.1) is 5.92 Å². The lowest BCUT2D eigenvalue weighted by atomic mass is 10.2. The zero-order valence-electron chi connectivity index (χ0n) is 9.90. The number of carbonyl (C=O) groups is 2. The van der Waals surface area contributed by atoms with E-state index < -0.39 is 0 Å². The number of carbonyl (C=O) groups excluding carboxylic acids is 2. The van der Waals surface area contributed by atoms with Crippen LogP contribution in [0.3, 0.4) is 0 Å². The van der Waals surface area contributed by atoms with E-state index in [0.717, 1.165) is 10.6 Å². The zero-order chi connectivity index (χ0) is 12.8. The van der Waals surface area contributed by atoms with Crippen LogP contribution in [-0.4, -0.2) is 17.6 Å². The van der Waals surface area contributed by atoms with Crippen molar-refractivity contribution in [3.63, 3.8) is 0 Å². The van der Waals surface area contributed by atoms with Gasteiger partial charge in [0.15, 0.2) is 0 Å². The van der Waals surface area contributed by atoms with Crippen LogP contribution in [0.1, 0.15) is 13.8 Å². The Balaban J connectivity index is 2.77. The van der Waals surface area contributed by atoms with Crippen molar-refractivity contribution < 1.29 is 9.59 Å². The summed E-state index contributed by atoms with van der Waals surface area (Å²) in [7, 11) is 0. The van der Waals surface area contributed by atoms with E-state index in [9.17, 15) is 9.59 Å². The highest BCUT2D eigenvalue weighted by Crippen LogP contribution is 2.26. The van der Waals surface area contributed by atoms with Crippen LogP contribution < -0.4 is 11.1 Å². The maximum atomic E-state index is 11.6. The molecule has 3 N–H and O–H groups in total. The predicted octanol–water partition coefficient (Wildman–Crippen LogP) is 1.86. The zero-order valence-corrected chi connectivity index (χ0v) is 10.7. The third-order valence-corrected chi connectivity index (χ3v) is 3.14. The van der Waals surface area contributed by atoms with Crippen LogP contribution >= 0.6 is 11.8 Å². The Hall–Kier alpha value is -1.49. The molecule has 0 radical (unpaired) electrons. The first-order chi connectivity index (χ1) is 8.00. The fourth-order valence-corrected chi connectivity index (χ4v) is 1.87. The number of nitrogens with one attached hydrogen (secondary N) is 1. The molecule has 0 aliphatic carbocycles. The molecule has 0 fully saturated rings. The average Bonchev–Trinajstić information content (AvgIpc) is 2.27. The van der Waals surface area contributed by atoms with Gasteiger partial charge in [0.1, 0.15) is 0 Å². The Morgan fingerprint density at radius 3 is 2.59 bits per heavy atom. The summed E-state index contributed by atoms with van der Waals surface area (Å²) in [6.45, 7) is 3.66. The highest BCUT2D eigenvalue weighted by Gasteiger charge is 2.10. The molecule has 0 aliphatic rings. The minimum Gasteiger partial charge on any atom is -0.369 e. The molecular formula is C12H16N2O2S. The second-order valence-corrected chi connectivity index (χ2v) is 4.91. The molecule has 0 unspecified atom stereocenters. The first-order valence-corrected chi connectivity index (χ1v) is 6.30. The summed E-state index contributed by atoms with van der Waals surface area (Å²) in [5.74, 6) is -0.296. The van der Waals surface area contributed by atoms with Gasteiger partial charge in [0.25, 0.3) is 0 Å². The second-order valence-electron chi connectivity index (χ2n) is 3.90. The van der Waals surface area contributed by atoms with E-state index in [2.05, 4.69) is 5.32 Å². The van der Waals surface area contributed by atoms with E-state index in [4.69, 9.17) is 5.73 Å². The molecule has 0 spiro atoms. The highest BCUT2D eigenvalue weighted by atomic mass is 32.2. The SMILES string of the molecule is CC(C)C(=O)Nc1ccccc1SCC(N)=O. The summed E-state index contributed by atoms with van der Waals surface area (Å²) >= 11 is 1.32. The van der Waals surface area contributed by atoms with Gasteiger partial charge in [-0.3, -0.25) is 9.59 Å². The van der Waals surface area contributed by atoms with Crippen molar-refractivity contribution >= 4 is 29.3 Å². The van der Waals surface area contributed by atoms with Crippen LogP contribution in [0.2, 0.25) is 0 Å². The van der Waals surface area contributed by atoms with Gasteiger partial charge in [-0.05, 0) is 12.1 Å². The predicted molar refractivity (Wildman–Crippen MR) is 69.8 cm³/mol. The third-order valence-electron chi connectivity index (χ3n) is 2.04. The van der Waals surface area contributed by atoms with E-state index in [1.54, 1.807) is 0 Å². The van der Waals surface area contributed by atoms with Crippen LogP contribution in [0.15, 0.2) is 29.2 Å². The number of para-hydroxylation sites is 1. The Morgan fingerprint density at radius 2 is 2.00 bits per heavy atom. The topological polar surface area (TPSA) is 72.2 Å².